The van der Waals surface area contributed by atoms with Crippen LogP contribution in [0.1, 0.15) is 0 Å². The first-order chi connectivity index (χ1) is 18.2. The van der Waals surface area contributed by atoms with E-state index >= 15 is 0 Å². The summed E-state index contributed by atoms with van der Waals surface area (Å²) >= 11 is 0. The predicted octanol–water partition coefficient (Wildman–Crippen LogP) is 8.17. The Balaban J connectivity index is 1.57. The number of nitro benzene ring substituents is 1. The van der Waals surface area contributed by atoms with Gasteiger partial charge in [-0.2, -0.15) is 0 Å². The lowest BCUT2D eigenvalue weighted by Gasteiger charge is -2.08. The zero-order chi connectivity index (χ0) is 24.9. The van der Waals surface area contributed by atoms with Crippen molar-refractivity contribution in [2.45, 2.75) is 0 Å². The number of benzene rings is 5. The van der Waals surface area contributed by atoms with Crippen LogP contribution >= 0.6 is 0 Å². The molecule has 5 aromatic carbocycles. The molecule has 0 aliphatic rings. The molecule has 6 heteroatoms. The fraction of sp³-hybridized carbons (Fsp3) is 0. The number of para-hydroxylation sites is 2. The van der Waals surface area contributed by atoms with Gasteiger partial charge in [-0.25, -0.2) is 4.98 Å². The first-order valence-corrected chi connectivity index (χ1v) is 11.9. The smallest absolute Gasteiger partial charge is 0.277 e. The van der Waals surface area contributed by atoms with E-state index in [4.69, 9.17) is 9.40 Å². The van der Waals surface area contributed by atoms with Gasteiger partial charge in [0.2, 0.25) is 5.89 Å². The molecule has 0 saturated heterocycles. The highest BCUT2D eigenvalue weighted by Gasteiger charge is 2.21. The maximum absolute atomic E-state index is 11.7. The van der Waals surface area contributed by atoms with Gasteiger partial charge in [0, 0.05) is 28.1 Å². The van der Waals surface area contributed by atoms with Crippen LogP contribution in [0.4, 0.5) is 5.69 Å². The van der Waals surface area contributed by atoms with Crippen LogP contribution in [0.3, 0.4) is 0 Å². The average molecular weight is 482 g/mol. The molecule has 0 amide bonds. The molecule has 0 saturated carbocycles. The zero-order valence-electron chi connectivity index (χ0n) is 19.5. The van der Waals surface area contributed by atoms with E-state index in [2.05, 4.69) is 22.8 Å². The van der Waals surface area contributed by atoms with Crippen LogP contribution in [0.25, 0.3) is 61.2 Å². The maximum Gasteiger partial charge on any atom is 0.277 e. The minimum Gasteiger partial charge on any atom is -0.434 e. The highest BCUT2D eigenvalue weighted by atomic mass is 16.6. The van der Waals surface area contributed by atoms with Gasteiger partial charge < -0.3 is 8.98 Å². The Bertz CT molecular complexity index is 1950. The van der Waals surface area contributed by atoms with Crippen LogP contribution in [-0.4, -0.2) is 14.5 Å². The first kappa shape index (κ1) is 21.1. The molecule has 176 valence electrons. The second kappa shape index (κ2) is 8.17. The monoisotopic (exact) mass is 481 g/mol. The summed E-state index contributed by atoms with van der Waals surface area (Å²) in [6, 6.07) is 36.8. The van der Waals surface area contributed by atoms with Crippen LogP contribution in [-0.2, 0) is 0 Å². The van der Waals surface area contributed by atoms with Crippen molar-refractivity contribution in [3.8, 4) is 28.3 Å². The van der Waals surface area contributed by atoms with Crippen molar-refractivity contribution in [1.29, 1.82) is 0 Å². The third-order valence-corrected chi connectivity index (χ3v) is 6.73. The van der Waals surface area contributed by atoms with Gasteiger partial charge in [0.1, 0.15) is 5.52 Å². The third kappa shape index (κ3) is 3.31. The van der Waals surface area contributed by atoms with E-state index in [9.17, 15) is 10.1 Å². The van der Waals surface area contributed by atoms with Gasteiger partial charge in [0.15, 0.2) is 5.58 Å². The van der Waals surface area contributed by atoms with Gasteiger partial charge in [-0.15, -0.1) is 0 Å². The molecule has 0 bridgehead atoms. The molecule has 0 unspecified atom stereocenters. The summed E-state index contributed by atoms with van der Waals surface area (Å²) in [5.74, 6) is 0.563. The van der Waals surface area contributed by atoms with Crippen molar-refractivity contribution in [3.63, 3.8) is 0 Å². The summed E-state index contributed by atoms with van der Waals surface area (Å²) in [6.07, 6.45) is 0. The SMILES string of the molecule is O=[N+]([O-])c1ccccc1-c1ccc2c(c1)c1ccc3nc(-c4ccccc4)oc3c1n2-c1ccccc1. The number of oxazole rings is 1. The molecular formula is C31H19N3O3. The van der Waals surface area contributed by atoms with Gasteiger partial charge in [0.05, 0.1) is 21.5 Å². The standard InChI is InChI=1S/C31H19N3O3/c35-34(36)28-14-8-7-13-23(28)21-15-18-27-25(19-21)24-16-17-26-30(29(24)33(27)22-11-5-2-6-12-22)37-31(32-26)20-9-3-1-4-10-20/h1-19H. The van der Waals surface area contributed by atoms with Crippen molar-refractivity contribution in [3.05, 3.63) is 125 Å². The molecule has 2 heterocycles. The summed E-state index contributed by atoms with van der Waals surface area (Å²) < 4.78 is 8.58. The molecule has 0 aliphatic heterocycles. The number of aromatic nitrogens is 2. The van der Waals surface area contributed by atoms with Crippen LogP contribution in [0.2, 0.25) is 0 Å². The normalized spacial score (nSPS) is 11.5. The summed E-state index contributed by atoms with van der Waals surface area (Å²) in [7, 11) is 0. The van der Waals surface area contributed by atoms with Crippen molar-refractivity contribution < 1.29 is 9.34 Å². The fourth-order valence-electron chi connectivity index (χ4n) is 5.08. The fourth-order valence-corrected chi connectivity index (χ4v) is 5.08. The van der Waals surface area contributed by atoms with Gasteiger partial charge in [0.25, 0.3) is 5.69 Å². The Morgan fingerprint density at radius 3 is 2.24 bits per heavy atom. The maximum atomic E-state index is 11.7. The summed E-state index contributed by atoms with van der Waals surface area (Å²) in [4.78, 5) is 16.1. The minimum absolute atomic E-state index is 0.0822. The van der Waals surface area contributed by atoms with Crippen molar-refractivity contribution in [2.75, 3.05) is 0 Å². The first-order valence-electron chi connectivity index (χ1n) is 11.9. The van der Waals surface area contributed by atoms with Crippen molar-refractivity contribution >= 4 is 38.6 Å². The Kier molecular flexibility index (Phi) is 4.66. The number of fused-ring (bicyclic) bond motifs is 5. The third-order valence-electron chi connectivity index (χ3n) is 6.73. The molecule has 0 atom stereocenters. The Labute approximate surface area is 211 Å². The van der Waals surface area contributed by atoms with Crippen LogP contribution < -0.4 is 0 Å². The van der Waals surface area contributed by atoms with E-state index in [1.165, 1.54) is 6.07 Å². The van der Waals surface area contributed by atoms with E-state index in [-0.39, 0.29) is 10.6 Å². The molecule has 0 radical (unpaired) electrons. The molecule has 0 aliphatic carbocycles. The quantitative estimate of drug-likeness (QED) is 0.188. The van der Waals surface area contributed by atoms with Crippen LogP contribution in [0.15, 0.2) is 120 Å². The summed E-state index contributed by atoms with van der Waals surface area (Å²) in [6.45, 7) is 0. The van der Waals surface area contributed by atoms with E-state index < -0.39 is 0 Å². The second-order valence-electron chi connectivity index (χ2n) is 8.87. The largest absolute Gasteiger partial charge is 0.434 e. The molecule has 0 N–H and O–H groups in total. The molecular weight excluding hydrogens is 462 g/mol. The molecule has 7 rings (SSSR count). The van der Waals surface area contributed by atoms with E-state index in [1.807, 2.05) is 78.9 Å². The molecule has 0 spiro atoms. The number of hydrogen-bond donors (Lipinski definition) is 0. The van der Waals surface area contributed by atoms with Crippen LogP contribution in [0, 0.1) is 10.1 Å². The van der Waals surface area contributed by atoms with Gasteiger partial charge in [-0.3, -0.25) is 10.1 Å². The average Bonchev–Trinajstić information content (AvgIpc) is 3.53. The zero-order valence-corrected chi connectivity index (χ0v) is 19.5. The minimum atomic E-state index is -0.337. The number of nitrogens with zero attached hydrogens (tertiary/aromatic N) is 3. The second-order valence-corrected chi connectivity index (χ2v) is 8.87. The van der Waals surface area contributed by atoms with Gasteiger partial charge >= 0.3 is 0 Å². The Morgan fingerprint density at radius 2 is 1.46 bits per heavy atom. The highest BCUT2D eigenvalue weighted by molar-refractivity contribution is 6.17. The number of hydrogen-bond acceptors (Lipinski definition) is 4. The topological polar surface area (TPSA) is 74.1 Å². The molecule has 2 aromatic heterocycles. The molecule has 7 aromatic rings. The summed E-state index contributed by atoms with van der Waals surface area (Å²) in [5.41, 5.74) is 6.71. The predicted molar refractivity (Wildman–Crippen MR) is 146 cm³/mol. The van der Waals surface area contributed by atoms with Gasteiger partial charge in [-0.05, 0) is 60.2 Å². The Hall–Kier alpha value is -5.23. The lowest BCUT2D eigenvalue weighted by atomic mass is 10.0. The lowest BCUT2D eigenvalue weighted by Crippen LogP contribution is -1.94. The summed E-state index contributed by atoms with van der Waals surface area (Å²) in [5, 5.41) is 13.7. The number of rotatable bonds is 4. The lowest BCUT2D eigenvalue weighted by molar-refractivity contribution is -0.384. The van der Waals surface area contributed by atoms with Crippen molar-refractivity contribution in [2.24, 2.45) is 0 Å². The van der Waals surface area contributed by atoms with E-state index in [1.54, 1.807) is 12.1 Å². The van der Waals surface area contributed by atoms with Crippen molar-refractivity contribution in [1.82, 2.24) is 9.55 Å². The molecule has 6 nitrogen and oxygen atoms in total. The number of nitro groups is 1. The highest BCUT2D eigenvalue weighted by Crippen LogP contribution is 2.40. The van der Waals surface area contributed by atoms with E-state index in [0.717, 1.165) is 44.1 Å². The Morgan fingerprint density at radius 1 is 0.730 bits per heavy atom. The van der Waals surface area contributed by atoms with E-state index in [0.29, 0.717) is 17.0 Å². The van der Waals surface area contributed by atoms with Gasteiger partial charge in [-0.1, -0.05) is 54.6 Å². The molecule has 0 fully saturated rings. The molecule has 37 heavy (non-hydrogen) atoms. The van der Waals surface area contributed by atoms with Crippen LogP contribution in [0.5, 0.6) is 0 Å².